The summed E-state index contributed by atoms with van der Waals surface area (Å²) in [6, 6.07) is 13.6. The number of carbonyl (C=O) groups is 1. The Bertz CT molecular complexity index is 774. The Morgan fingerprint density at radius 3 is 2.48 bits per heavy atom. The molecule has 0 bridgehead atoms. The number of thioether (sulfide) groups is 1. The van der Waals surface area contributed by atoms with Crippen LogP contribution in [0.15, 0.2) is 47.4 Å². The molecule has 0 atom stereocenters. The van der Waals surface area contributed by atoms with E-state index in [-0.39, 0.29) is 5.91 Å². The molecular weight excluding hydrogens is 380 g/mol. The lowest BCUT2D eigenvalue weighted by atomic mass is 10.1. The van der Waals surface area contributed by atoms with Crippen LogP contribution >= 0.6 is 23.4 Å². The topological polar surface area (TPSA) is 32.8 Å². The molecule has 0 aliphatic carbocycles. The Morgan fingerprint density at radius 1 is 1.11 bits per heavy atom. The maximum absolute atomic E-state index is 12.9. The van der Waals surface area contributed by atoms with Gasteiger partial charge in [-0.15, -0.1) is 11.8 Å². The van der Waals surface area contributed by atoms with Crippen molar-refractivity contribution in [2.24, 2.45) is 0 Å². The maximum Gasteiger partial charge on any atom is 0.253 e. The van der Waals surface area contributed by atoms with Gasteiger partial charge in [0.1, 0.15) is 5.75 Å². The minimum Gasteiger partial charge on any atom is -0.494 e. The molecule has 3 rings (SSSR count). The van der Waals surface area contributed by atoms with Crippen LogP contribution in [0.4, 0.5) is 0 Å². The van der Waals surface area contributed by atoms with Gasteiger partial charge in [0.15, 0.2) is 0 Å². The molecule has 1 saturated heterocycles. The standard InChI is InChI=1S/C21H25ClN2O2S/c1-3-26-20-9-4-16(21(25)24-12-10-23(2)11-13-24)14-17(20)15-27-19-7-5-18(22)6-8-19/h4-9,14H,3,10-13,15H2,1-2H3. The van der Waals surface area contributed by atoms with Gasteiger partial charge in [-0.3, -0.25) is 4.79 Å². The molecule has 4 nitrogen and oxygen atoms in total. The molecule has 0 aromatic heterocycles. The zero-order valence-corrected chi connectivity index (χ0v) is 17.4. The Balaban J connectivity index is 1.75. The lowest BCUT2D eigenvalue weighted by molar-refractivity contribution is 0.0664. The fourth-order valence-corrected chi connectivity index (χ4v) is 4.01. The number of likely N-dealkylation sites (N-methyl/N-ethyl adjacent to an activating group) is 1. The van der Waals surface area contributed by atoms with Crippen molar-refractivity contribution in [3.05, 3.63) is 58.6 Å². The average molecular weight is 405 g/mol. The largest absolute Gasteiger partial charge is 0.494 e. The van der Waals surface area contributed by atoms with Crippen molar-refractivity contribution < 1.29 is 9.53 Å². The van der Waals surface area contributed by atoms with Gasteiger partial charge >= 0.3 is 0 Å². The predicted octanol–water partition coefficient (Wildman–Crippen LogP) is 4.42. The van der Waals surface area contributed by atoms with Crippen molar-refractivity contribution in [3.8, 4) is 5.75 Å². The quantitative estimate of drug-likeness (QED) is 0.667. The van der Waals surface area contributed by atoms with Crippen LogP contribution in [0.5, 0.6) is 5.75 Å². The highest BCUT2D eigenvalue weighted by Crippen LogP contribution is 2.30. The highest BCUT2D eigenvalue weighted by Gasteiger charge is 2.21. The number of hydrogen-bond acceptors (Lipinski definition) is 4. The van der Waals surface area contributed by atoms with Gasteiger partial charge in [-0.1, -0.05) is 11.6 Å². The smallest absolute Gasteiger partial charge is 0.253 e. The molecule has 1 aliphatic heterocycles. The fourth-order valence-electron chi connectivity index (χ4n) is 3.01. The van der Waals surface area contributed by atoms with Crippen LogP contribution in [0.2, 0.25) is 5.02 Å². The first-order chi connectivity index (χ1) is 13.1. The van der Waals surface area contributed by atoms with Crippen molar-refractivity contribution in [3.63, 3.8) is 0 Å². The van der Waals surface area contributed by atoms with Crippen molar-refractivity contribution in [1.29, 1.82) is 0 Å². The van der Waals surface area contributed by atoms with Crippen LogP contribution < -0.4 is 4.74 Å². The Kier molecular flexibility index (Phi) is 7.05. The zero-order valence-electron chi connectivity index (χ0n) is 15.8. The molecule has 1 amide bonds. The lowest BCUT2D eigenvalue weighted by Gasteiger charge is -2.32. The summed E-state index contributed by atoms with van der Waals surface area (Å²) in [5.41, 5.74) is 1.77. The summed E-state index contributed by atoms with van der Waals surface area (Å²) in [6.07, 6.45) is 0. The number of halogens is 1. The zero-order chi connectivity index (χ0) is 19.2. The third-order valence-corrected chi connectivity index (χ3v) is 5.92. The average Bonchev–Trinajstić information content (AvgIpc) is 2.68. The van der Waals surface area contributed by atoms with E-state index in [1.54, 1.807) is 11.8 Å². The second kappa shape index (κ2) is 9.49. The van der Waals surface area contributed by atoms with Gasteiger partial charge in [-0.25, -0.2) is 0 Å². The van der Waals surface area contributed by atoms with Crippen LogP contribution in [0.25, 0.3) is 0 Å². The monoisotopic (exact) mass is 404 g/mol. The molecule has 1 aliphatic rings. The van der Waals surface area contributed by atoms with Gasteiger partial charge in [-0.05, 0) is 56.4 Å². The fraction of sp³-hybridized carbons (Fsp3) is 0.381. The molecule has 2 aromatic carbocycles. The molecule has 0 unspecified atom stereocenters. The predicted molar refractivity (Wildman–Crippen MR) is 112 cm³/mol. The molecule has 0 radical (unpaired) electrons. The molecule has 1 fully saturated rings. The first kappa shape index (κ1) is 20.1. The lowest BCUT2D eigenvalue weighted by Crippen LogP contribution is -2.47. The third-order valence-electron chi connectivity index (χ3n) is 4.61. The molecular formula is C21H25ClN2O2S. The first-order valence-electron chi connectivity index (χ1n) is 9.18. The summed E-state index contributed by atoms with van der Waals surface area (Å²) >= 11 is 7.67. The van der Waals surface area contributed by atoms with Gasteiger partial charge < -0.3 is 14.5 Å². The minimum absolute atomic E-state index is 0.101. The van der Waals surface area contributed by atoms with Crippen molar-refractivity contribution in [2.45, 2.75) is 17.6 Å². The van der Waals surface area contributed by atoms with Gasteiger partial charge in [0.2, 0.25) is 0 Å². The number of rotatable bonds is 6. The van der Waals surface area contributed by atoms with E-state index in [0.29, 0.717) is 6.61 Å². The van der Waals surface area contributed by atoms with Crippen molar-refractivity contribution >= 4 is 29.3 Å². The third kappa shape index (κ3) is 5.41. The summed E-state index contributed by atoms with van der Waals surface area (Å²) in [7, 11) is 2.09. The second-order valence-electron chi connectivity index (χ2n) is 6.59. The van der Waals surface area contributed by atoms with Crippen LogP contribution in [-0.4, -0.2) is 55.5 Å². The number of piperazine rings is 1. The Labute approximate surface area is 170 Å². The first-order valence-corrected chi connectivity index (χ1v) is 10.5. The molecule has 0 saturated carbocycles. The molecule has 1 heterocycles. The Hall–Kier alpha value is -1.69. The summed E-state index contributed by atoms with van der Waals surface area (Å²) < 4.78 is 5.77. The van der Waals surface area contributed by atoms with Crippen LogP contribution in [0.3, 0.4) is 0 Å². The van der Waals surface area contributed by atoms with E-state index in [1.807, 2.05) is 54.3 Å². The van der Waals surface area contributed by atoms with Crippen LogP contribution in [0.1, 0.15) is 22.8 Å². The van der Waals surface area contributed by atoms with Gasteiger partial charge in [0.05, 0.1) is 6.61 Å². The van der Waals surface area contributed by atoms with E-state index in [0.717, 1.165) is 58.7 Å². The van der Waals surface area contributed by atoms with E-state index in [2.05, 4.69) is 11.9 Å². The van der Waals surface area contributed by atoms with E-state index >= 15 is 0 Å². The summed E-state index contributed by atoms with van der Waals surface area (Å²) in [6.45, 7) is 5.96. The summed E-state index contributed by atoms with van der Waals surface area (Å²) in [5.74, 6) is 1.68. The molecule has 144 valence electrons. The highest BCUT2D eigenvalue weighted by molar-refractivity contribution is 7.98. The number of ether oxygens (including phenoxy) is 1. The van der Waals surface area contributed by atoms with E-state index in [4.69, 9.17) is 16.3 Å². The van der Waals surface area contributed by atoms with E-state index in [9.17, 15) is 4.79 Å². The SMILES string of the molecule is CCOc1ccc(C(=O)N2CCN(C)CC2)cc1CSc1ccc(Cl)cc1. The Morgan fingerprint density at radius 2 is 1.81 bits per heavy atom. The van der Waals surface area contributed by atoms with Gasteiger partial charge in [0, 0.05) is 53.0 Å². The highest BCUT2D eigenvalue weighted by atomic mass is 35.5. The van der Waals surface area contributed by atoms with E-state index < -0.39 is 0 Å². The molecule has 0 N–H and O–H groups in total. The number of nitrogens with zero attached hydrogens (tertiary/aromatic N) is 2. The van der Waals surface area contributed by atoms with Gasteiger partial charge in [-0.2, -0.15) is 0 Å². The maximum atomic E-state index is 12.9. The molecule has 2 aromatic rings. The molecule has 6 heteroatoms. The van der Waals surface area contributed by atoms with Crippen molar-refractivity contribution in [2.75, 3.05) is 39.8 Å². The number of carbonyl (C=O) groups excluding carboxylic acids is 1. The summed E-state index contributed by atoms with van der Waals surface area (Å²) in [4.78, 5) is 18.2. The van der Waals surface area contributed by atoms with Crippen molar-refractivity contribution in [1.82, 2.24) is 9.80 Å². The number of amides is 1. The van der Waals surface area contributed by atoms with Crippen LogP contribution in [0, 0.1) is 0 Å². The summed E-state index contributed by atoms with van der Waals surface area (Å²) in [5, 5.41) is 0.731. The number of hydrogen-bond donors (Lipinski definition) is 0. The second-order valence-corrected chi connectivity index (χ2v) is 8.08. The number of benzene rings is 2. The van der Waals surface area contributed by atoms with E-state index in [1.165, 1.54) is 0 Å². The molecule has 0 spiro atoms. The molecule has 27 heavy (non-hydrogen) atoms. The van der Waals surface area contributed by atoms with Gasteiger partial charge in [0.25, 0.3) is 5.91 Å². The normalized spacial score (nSPS) is 15.0. The minimum atomic E-state index is 0.101. The van der Waals surface area contributed by atoms with Crippen LogP contribution in [-0.2, 0) is 5.75 Å².